The summed E-state index contributed by atoms with van der Waals surface area (Å²) in [7, 11) is 0. The highest BCUT2D eigenvalue weighted by molar-refractivity contribution is 5.72. The molecule has 2 N–H and O–H groups in total. The van der Waals surface area contributed by atoms with E-state index in [0.717, 1.165) is 36.3 Å². The molecule has 1 heterocycles. The van der Waals surface area contributed by atoms with Crippen LogP contribution in [0.3, 0.4) is 0 Å². The second-order valence-electron chi connectivity index (χ2n) is 4.83. The van der Waals surface area contributed by atoms with Crippen LogP contribution in [0.4, 0.5) is 0 Å². The van der Waals surface area contributed by atoms with Gasteiger partial charge < -0.3 is 10.2 Å². The number of para-hydroxylation sites is 2. The van der Waals surface area contributed by atoms with E-state index in [0.29, 0.717) is 5.92 Å². The van der Waals surface area contributed by atoms with Crippen molar-refractivity contribution in [1.82, 2.24) is 4.98 Å². The fraction of sp³-hybridized carbons (Fsp3) is 0.500. The Kier molecular flexibility index (Phi) is 3.79. The summed E-state index contributed by atoms with van der Waals surface area (Å²) in [6.07, 6.45) is 3.26. The van der Waals surface area contributed by atoms with Crippen molar-refractivity contribution in [3.8, 4) is 0 Å². The molecule has 2 atom stereocenters. The first-order valence-electron chi connectivity index (χ1n) is 6.28. The molecule has 17 heavy (non-hydrogen) atoms. The van der Waals surface area contributed by atoms with Gasteiger partial charge in [-0.2, -0.15) is 0 Å². The Balaban J connectivity index is 2.01. The van der Waals surface area contributed by atoms with E-state index in [1.54, 1.807) is 0 Å². The second-order valence-corrected chi connectivity index (χ2v) is 4.83. The van der Waals surface area contributed by atoms with Crippen molar-refractivity contribution in [2.24, 2.45) is 5.73 Å². The summed E-state index contributed by atoms with van der Waals surface area (Å²) in [6, 6.07) is 8.18. The third-order valence-electron chi connectivity index (χ3n) is 3.03. The van der Waals surface area contributed by atoms with Gasteiger partial charge in [0.15, 0.2) is 11.5 Å². The van der Waals surface area contributed by atoms with Gasteiger partial charge in [0.1, 0.15) is 5.52 Å². The monoisotopic (exact) mass is 232 g/mol. The summed E-state index contributed by atoms with van der Waals surface area (Å²) < 4.78 is 5.74. The molecule has 2 aromatic rings. The second kappa shape index (κ2) is 5.32. The smallest absolute Gasteiger partial charge is 0.198 e. The minimum Gasteiger partial charge on any atom is -0.440 e. The van der Waals surface area contributed by atoms with E-state index >= 15 is 0 Å². The Hall–Kier alpha value is -1.35. The van der Waals surface area contributed by atoms with Crippen LogP contribution in [0.1, 0.15) is 44.9 Å². The van der Waals surface area contributed by atoms with Crippen LogP contribution in [0, 0.1) is 0 Å². The molecule has 0 bridgehead atoms. The first-order chi connectivity index (χ1) is 8.16. The lowest BCUT2D eigenvalue weighted by Gasteiger charge is -2.08. The summed E-state index contributed by atoms with van der Waals surface area (Å²) in [5.74, 6) is 1.21. The molecule has 0 aliphatic carbocycles. The summed E-state index contributed by atoms with van der Waals surface area (Å²) in [4.78, 5) is 4.51. The van der Waals surface area contributed by atoms with Gasteiger partial charge in [0, 0.05) is 12.0 Å². The van der Waals surface area contributed by atoms with Gasteiger partial charge in [-0.05, 0) is 31.9 Å². The fourth-order valence-electron chi connectivity index (χ4n) is 1.97. The van der Waals surface area contributed by atoms with Crippen LogP contribution >= 0.6 is 0 Å². The Labute approximate surface area is 102 Å². The number of fused-ring (bicyclic) bond motifs is 1. The Morgan fingerprint density at radius 2 is 2.00 bits per heavy atom. The van der Waals surface area contributed by atoms with Crippen molar-refractivity contribution in [2.45, 2.75) is 45.1 Å². The molecule has 0 fully saturated rings. The SMILES string of the molecule is CC(N)CCCC(C)c1nc2ccccc2o1. The van der Waals surface area contributed by atoms with E-state index in [9.17, 15) is 0 Å². The van der Waals surface area contributed by atoms with Gasteiger partial charge >= 0.3 is 0 Å². The normalized spacial score (nSPS) is 15.0. The Bertz CT molecular complexity index is 443. The van der Waals surface area contributed by atoms with Crippen LogP contribution in [-0.4, -0.2) is 11.0 Å². The minimum absolute atomic E-state index is 0.283. The molecule has 2 rings (SSSR count). The molecule has 0 aliphatic rings. The van der Waals surface area contributed by atoms with E-state index < -0.39 is 0 Å². The van der Waals surface area contributed by atoms with E-state index in [1.807, 2.05) is 31.2 Å². The third-order valence-corrected chi connectivity index (χ3v) is 3.03. The summed E-state index contributed by atoms with van der Waals surface area (Å²) >= 11 is 0. The van der Waals surface area contributed by atoms with Crippen molar-refractivity contribution >= 4 is 11.1 Å². The lowest BCUT2D eigenvalue weighted by Crippen LogP contribution is -2.14. The van der Waals surface area contributed by atoms with Gasteiger partial charge in [0.25, 0.3) is 0 Å². The van der Waals surface area contributed by atoms with Crippen molar-refractivity contribution in [3.63, 3.8) is 0 Å². The first-order valence-corrected chi connectivity index (χ1v) is 6.28. The molecule has 0 saturated carbocycles. The van der Waals surface area contributed by atoms with E-state index in [1.165, 1.54) is 0 Å². The molecule has 3 heteroatoms. The van der Waals surface area contributed by atoms with Crippen LogP contribution in [-0.2, 0) is 0 Å². The third kappa shape index (κ3) is 3.07. The number of nitrogens with zero attached hydrogens (tertiary/aromatic N) is 1. The molecule has 0 aliphatic heterocycles. The Morgan fingerprint density at radius 3 is 2.71 bits per heavy atom. The maximum absolute atomic E-state index is 5.74. The van der Waals surface area contributed by atoms with Crippen LogP contribution in [0.15, 0.2) is 28.7 Å². The van der Waals surface area contributed by atoms with Crippen LogP contribution in [0.2, 0.25) is 0 Å². The topological polar surface area (TPSA) is 52.0 Å². The zero-order valence-electron chi connectivity index (χ0n) is 10.5. The molecule has 2 unspecified atom stereocenters. The van der Waals surface area contributed by atoms with Gasteiger partial charge in [-0.15, -0.1) is 0 Å². The fourth-order valence-corrected chi connectivity index (χ4v) is 1.97. The van der Waals surface area contributed by atoms with Gasteiger partial charge in [0.2, 0.25) is 0 Å². The van der Waals surface area contributed by atoms with E-state index in [2.05, 4.69) is 11.9 Å². The Morgan fingerprint density at radius 1 is 1.24 bits per heavy atom. The standard InChI is InChI=1S/C14H20N2O/c1-10(6-5-7-11(2)15)14-16-12-8-3-4-9-13(12)17-14/h3-4,8-11H,5-7,15H2,1-2H3. The maximum Gasteiger partial charge on any atom is 0.198 e. The quantitative estimate of drug-likeness (QED) is 0.859. The average Bonchev–Trinajstić information content (AvgIpc) is 2.71. The zero-order chi connectivity index (χ0) is 12.3. The molecular formula is C14H20N2O. The number of hydrogen-bond donors (Lipinski definition) is 1. The summed E-state index contributed by atoms with van der Waals surface area (Å²) in [6.45, 7) is 4.20. The minimum atomic E-state index is 0.283. The molecular weight excluding hydrogens is 212 g/mol. The number of nitrogens with two attached hydrogens (primary N) is 1. The first kappa shape index (κ1) is 12.1. The number of oxazole rings is 1. The molecule has 1 aromatic heterocycles. The largest absolute Gasteiger partial charge is 0.440 e. The predicted molar refractivity (Wildman–Crippen MR) is 69.9 cm³/mol. The van der Waals surface area contributed by atoms with Gasteiger partial charge in [0.05, 0.1) is 0 Å². The van der Waals surface area contributed by atoms with E-state index in [-0.39, 0.29) is 6.04 Å². The highest BCUT2D eigenvalue weighted by atomic mass is 16.3. The van der Waals surface area contributed by atoms with Crippen molar-refractivity contribution in [2.75, 3.05) is 0 Å². The van der Waals surface area contributed by atoms with Gasteiger partial charge in [-0.25, -0.2) is 4.98 Å². The highest BCUT2D eigenvalue weighted by Crippen LogP contribution is 2.24. The lowest BCUT2D eigenvalue weighted by atomic mass is 10.0. The van der Waals surface area contributed by atoms with Crippen LogP contribution < -0.4 is 5.73 Å². The number of hydrogen-bond acceptors (Lipinski definition) is 3. The number of rotatable bonds is 5. The maximum atomic E-state index is 5.74. The average molecular weight is 232 g/mol. The van der Waals surface area contributed by atoms with Crippen molar-refractivity contribution in [3.05, 3.63) is 30.2 Å². The summed E-state index contributed by atoms with van der Waals surface area (Å²) in [5.41, 5.74) is 7.56. The number of aromatic nitrogens is 1. The summed E-state index contributed by atoms with van der Waals surface area (Å²) in [5, 5.41) is 0. The van der Waals surface area contributed by atoms with E-state index in [4.69, 9.17) is 10.2 Å². The molecule has 0 saturated heterocycles. The molecule has 0 amide bonds. The van der Waals surface area contributed by atoms with Crippen molar-refractivity contribution < 1.29 is 4.42 Å². The highest BCUT2D eigenvalue weighted by Gasteiger charge is 2.13. The molecule has 92 valence electrons. The van der Waals surface area contributed by atoms with Gasteiger partial charge in [-0.1, -0.05) is 25.5 Å². The van der Waals surface area contributed by atoms with Crippen LogP contribution in [0.5, 0.6) is 0 Å². The zero-order valence-corrected chi connectivity index (χ0v) is 10.5. The molecule has 0 spiro atoms. The number of benzene rings is 1. The molecule has 0 radical (unpaired) electrons. The predicted octanol–water partition coefficient (Wildman–Crippen LogP) is 3.45. The van der Waals surface area contributed by atoms with Crippen molar-refractivity contribution in [1.29, 1.82) is 0 Å². The van der Waals surface area contributed by atoms with Crippen LogP contribution in [0.25, 0.3) is 11.1 Å². The van der Waals surface area contributed by atoms with Gasteiger partial charge in [-0.3, -0.25) is 0 Å². The molecule has 1 aromatic carbocycles. The molecule has 3 nitrogen and oxygen atoms in total. The lowest BCUT2D eigenvalue weighted by molar-refractivity contribution is 0.452.